The summed E-state index contributed by atoms with van der Waals surface area (Å²) in [7, 11) is 3.90. The highest BCUT2D eigenvalue weighted by atomic mass is 32.1. The standard InChI is InChI=1S/C9H12FNS/c1-11(2)6-7-3-4-9(12)8(10)5-7/h3-5,12H,6H2,1-2H3. The molecule has 1 rings (SSSR count). The largest absolute Gasteiger partial charge is 0.305 e. The molecule has 0 aliphatic heterocycles. The predicted octanol–water partition coefficient (Wildman–Crippen LogP) is 2.18. The van der Waals surface area contributed by atoms with Crippen LogP contribution in [0, 0.1) is 5.82 Å². The zero-order chi connectivity index (χ0) is 9.14. The summed E-state index contributed by atoms with van der Waals surface area (Å²) in [5.41, 5.74) is 0.968. The Morgan fingerprint density at radius 1 is 1.42 bits per heavy atom. The van der Waals surface area contributed by atoms with Crippen molar-refractivity contribution >= 4 is 12.6 Å². The Balaban J connectivity index is 2.82. The normalized spacial score (nSPS) is 10.8. The molecular weight excluding hydrogens is 173 g/mol. The van der Waals surface area contributed by atoms with Crippen molar-refractivity contribution in [3.05, 3.63) is 29.6 Å². The van der Waals surface area contributed by atoms with Crippen LogP contribution in [0.25, 0.3) is 0 Å². The van der Waals surface area contributed by atoms with Crippen LogP contribution in [0.4, 0.5) is 4.39 Å². The second-order valence-electron chi connectivity index (χ2n) is 3.02. The molecule has 0 bridgehead atoms. The molecule has 0 amide bonds. The Morgan fingerprint density at radius 3 is 2.58 bits per heavy atom. The third-order valence-corrected chi connectivity index (χ3v) is 1.87. The SMILES string of the molecule is CN(C)Cc1ccc(S)c(F)c1. The lowest BCUT2D eigenvalue weighted by Gasteiger charge is -2.09. The summed E-state index contributed by atoms with van der Waals surface area (Å²) in [5.74, 6) is -0.252. The van der Waals surface area contributed by atoms with Crippen molar-refractivity contribution in [1.29, 1.82) is 0 Å². The van der Waals surface area contributed by atoms with E-state index in [-0.39, 0.29) is 5.82 Å². The summed E-state index contributed by atoms with van der Waals surface area (Å²) >= 11 is 3.95. The van der Waals surface area contributed by atoms with Gasteiger partial charge in [0.2, 0.25) is 0 Å². The molecule has 0 N–H and O–H groups in total. The molecule has 0 atom stereocenters. The molecule has 1 aromatic rings. The van der Waals surface area contributed by atoms with Crippen molar-refractivity contribution in [2.45, 2.75) is 11.4 Å². The van der Waals surface area contributed by atoms with Crippen LogP contribution in [0.1, 0.15) is 5.56 Å². The maximum absolute atomic E-state index is 12.9. The number of halogens is 1. The molecule has 0 spiro atoms. The number of rotatable bonds is 2. The first-order valence-electron chi connectivity index (χ1n) is 3.71. The fourth-order valence-electron chi connectivity index (χ4n) is 1.01. The van der Waals surface area contributed by atoms with Crippen molar-refractivity contribution in [3.63, 3.8) is 0 Å². The number of hydrogen-bond acceptors (Lipinski definition) is 2. The van der Waals surface area contributed by atoms with Crippen LogP contribution >= 0.6 is 12.6 Å². The molecule has 1 nitrogen and oxygen atoms in total. The average molecular weight is 185 g/mol. The Morgan fingerprint density at radius 2 is 2.08 bits per heavy atom. The van der Waals surface area contributed by atoms with E-state index in [1.54, 1.807) is 6.07 Å². The fraction of sp³-hybridized carbons (Fsp3) is 0.333. The van der Waals surface area contributed by atoms with Crippen molar-refractivity contribution in [1.82, 2.24) is 4.90 Å². The fourth-order valence-corrected chi connectivity index (χ4v) is 1.15. The van der Waals surface area contributed by atoms with Gasteiger partial charge in [-0.2, -0.15) is 0 Å². The lowest BCUT2D eigenvalue weighted by molar-refractivity contribution is 0.401. The monoisotopic (exact) mass is 185 g/mol. The van der Waals surface area contributed by atoms with Crippen LogP contribution < -0.4 is 0 Å². The Kier molecular flexibility index (Phi) is 3.12. The third-order valence-electron chi connectivity index (χ3n) is 1.51. The molecule has 0 unspecified atom stereocenters. The Bertz CT molecular complexity index is 273. The van der Waals surface area contributed by atoms with E-state index in [4.69, 9.17) is 0 Å². The Hall–Kier alpha value is -0.540. The van der Waals surface area contributed by atoms with E-state index in [0.29, 0.717) is 4.90 Å². The molecule has 3 heteroatoms. The van der Waals surface area contributed by atoms with Gasteiger partial charge >= 0.3 is 0 Å². The minimum absolute atomic E-state index is 0.252. The van der Waals surface area contributed by atoms with Gasteiger partial charge in [-0.15, -0.1) is 12.6 Å². The average Bonchev–Trinajstić information content (AvgIpc) is 1.96. The van der Waals surface area contributed by atoms with Crippen LogP contribution in [0.15, 0.2) is 23.1 Å². The smallest absolute Gasteiger partial charge is 0.136 e. The quantitative estimate of drug-likeness (QED) is 0.691. The van der Waals surface area contributed by atoms with Gasteiger partial charge in [-0.3, -0.25) is 0 Å². The summed E-state index contributed by atoms with van der Waals surface area (Å²) in [6, 6.07) is 5.07. The highest BCUT2D eigenvalue weighted by molar-refractivity contribution is 7.80. The summed E-state index contributed by atoms with van der Waals surface area (Å²) in [6.07, 6.45) is 0. The van der Waals surface area contributed by atoms with Gasteiger partial charge in [0.05, 0.1) is 0 Å². The van der Waals surface area contributed by atoms with E-state index in [0.717, 1.165) is 12.1 Å². The molecule has 0 saturated carbocycles. The molecule has 0 fully saturated rings. The van der Waals surface area contributed by atoms with Gasteiger partial charge < -0.3 is 4.90 Å². The van der Waals surface area contributed by atoms with Gasteiger partial charge in [-0.25, -0.2) is 4.39 Å². The van der Waals surface area contributed by atoms with Crippen LogP contribution in [-0.2, 0) is 6.54 Å². The van der Waals surface area contributed by atoms with Crippen molar-refractivity contribution in [3.8, 4) is 0 Å². The molecule has 0 radical (unpaired) electrons. The number of benzene rings is 1. The van der Waals surface area contributed by atoms with Gasteiger partial charge in [-0.1, -0.05) is 6.07 Å². The second kappa shape index (κ2) is 3.92. The summed E-state index contributed by atoms with van der Waals surface area (Å²) in [6.45, 7) is 0.755. The molecule has 66 valence electrons. The topological polar surface area (TPSA) is 3.24 Å². The second-order valence-corrected chi connectivity index (χ2v) is 3.51. The van der Waals surface area contributed by atoms with Gasteiger partial charge in [-0.05, 0) is 31.8 Å². The third kappa shape index (κ3) is 2.50. The summed E-state index contributed by atoms with van der Waals surface area (Å²) < 4.78 is 12.9. The maximum Gasteiger partial charge on any atom is 0.136 e. The van der Waals surface area contributed by atoms with Crippen molar-refractivity contribution in [2.75, 3.05) is 14.1 Å². The molecule has 0 heterocycles. The Labute approximate surface area is 77.6 Å². The molecule has 0 aliphatic rings. The predicted molar refractivity (Wildman–Crippen MR) is 51.0 cm³/mol. The molecule has 0 saturated heterocycles. The van der Waals surface area contributed by atoms with Crippen LogP contribution in [0.2, 0.25) is 0 Å². The zero-order valence-electron chi connectivity index (χ0n) is 7.21. The molecule has 0 aliphatic carbocycles. The summed E-state index contributed by atoms with van der Waals surface area (Å²) in [5, 5.41) is 0. The van der Waals surface area contributed by atoms with Crippen molar-refractivity contribution in [2.24, 2.45) is 0 Å². The van der Waals surface area contributed by atoms with Gasteiger partial charge in [0, 0.05) is 11.4 Å². The van der Waals surface area contributed by atoms with Gasteiger partial charge in [0.1, 0.15) is 5.82 Å². The minimum Gasteiger partial charge on any atom is -0.305 e. The van der Waals surface area contributed by atoms with Crippen molar-refractivity contribution < 1.29 is 4.39 Å². The van der Waals surface area contributed by atoms with Crippen LogP contribution in [0.5, 0.6) is 0 Å². The first-order chi connectivity index (χ1) is 5.59. The van der Waals surface area contributed by atoms with Crippen LogP contribution in [0.3, 0.4) is 0 Å². The first-order valence-corrected chi connectivity index (χ1v) is 4.16. The number of nitrogens with zero attached hydrogens (tertiary/aromatic N) is 1. The maximum atomic E-state index is 12.9. The highest BCUT2D eigenvalue weighted by Crippen LogP contribution is 2.14. The lowest BCUT2D eigenvalue weighted by atomic mass is 10.2. The zero-order valence-corrected chi connectivity index (χ0v) is 8.11. The summed E-state index contributed by atoms with van der Waals surface area (Å²) in [4.78, 5) is 2.39. The van der Waals surface area contributed by atoms with E-state index in [2.05, 4.69) is 12.6 Å². The molecule has 1 aromatic carbocycles. The van der Waals surface area contributed by atoms with E-state index in [9.17, 15) is 4.39 Å². The van der Waals surface area contributed by atoms with E-state index < -0.39 is 0 Å². The van der Waals surface area contributed by atoms with E-state index in [1.165, 1.54) is 6.07 Å². The molecule has 0 aromatic heterocycles. The number of thiol groups is 1. The van der Waals surface area contributed by atoms with Crippen LogP contribution in [-0.4, -0.2) is 19.0 Å². The van der Waals surface area contributed by atoms with Gasteiger partial charge in [0.15, 0.2) is 0 Å². The highest BCUT2D eigenvalue weighted by Gasteiger charge is 2.00. The lowest BCUT2D eigenvalue weighted by Crippen LogP contribution is -2.10. The molecule has 12 heavy (non-hydrogen) atoms. The molecular formula is C9H12FNS. The van der Waals surface area contributed by atoms with E-state index >= 15 is 0 Å². The number of hydrogen-bond donors (Lipinski definition) is 1. The first kappa shape index (κ1) is 9.55. The van der Waals surface area contributed by atoms with E-state index in [1.807, 2.05) is 25.1 Å². The van der Waals surface area contributed by atoms with Gasteiger partial charge in [0.25, 0.3) is 0 Å². The minimum atomic E-state index is -0.252.